The minimum atomic E-state index is -4.63. The summed E-state index contributed by atoms with van der Waals surface area (Å²) in [6.07, 6.45) is -6.22. The summed E-state index contributed by atoms with van der Waals surface area (Å²) < 4.78 is 73.7. The molecule has 0 radical (unpaired) electrons. The molecule has 3 amide bonds. The monoisotopic (exact) mass is 608 g/mol. The standard InChI is InChI=1S/C25H26ClF5N4O4S/c26-20-6-5-19(40-20)24(38)32-10-18(34(11-14-1-2-14)13-25(29,30)31)23(37)33-15-3-4-17(16(9-15)22(27)28)35-7-8-39-12-21(35)36/h3-6,9,14,18,22H,1-2,7-8,10-13H2,(H,32,38)(H,33,37)/t18-/m1/s1. The molecule has 218 valence electrons. The second-order valence-corrected chi connectivity index (χ2v) is 11.2. The van der Waals surface area contributed by atoms with E-state index in [-0.39, 0.29) is 48.5 Å². The van der Waals surface area contributed by atoms with E-state index in [2.05, 4.69) is 10.6 Å². The van der Waals surface area contributed by atoms with Gasteiger partial charge in [0.05, 0.1) is 28.1 Å². The number of rotatable bonds is 11. The van der Waals surface area contributed by atoms with Crippen LogP contribution in [0, 0.1) is 5.92 Å². The molecule has 0 spiro atoms. The molecule has 0 bridgehead atoms. The third kappa shape index (κ3) is 8.12. The number of benzene rings is 1. The van der Waals surface area contributed by atoms with Crippen molar-refractivity contribution in [1.82, 2.24) is 10.2 Å². The van der Waals surface area contributed by atoms with Gasteiger partial charge in [-0.3, -0.25) is 19.3 Å². The predicted octanol–water partition coefficient (Wildman–Crippen LogP) is 4.71. The molecular formula is C25H26ClF5N4O4S. The molecule has 2 aromatic rings. The van der Waals surface area contributed by atoms with Crippen molar-refractivity contribution in [3.8, 4) is 0 Å². The van der Waals surface area contributed by atoms with Crippen LogP contribution in [-0.4, -0.2) is 74.2 Å². The number of nitrogens with one attached hydrogen (secondary N) is 2. The molecule has 0 unspecified atom stereocenters. The number of carbonyl (C=O) groups excluding carboxylic acids is 3. The zero-order chi connectivity index (χ0) is 29.0. The molecule has 4 rings (SSSR count). The van der Waals surface area contributed by atoms with E-state index in [1.165, 1.54) is 24.3 Å². The Bertz CT molecular complexity index is 1240. The second-order valence-electron chi connectivity index (χ2n) is 9.48. The molecule has 1 saturated heterocycles. The smallest absolute Gasteiger partial charge is 0.370 e. The first-order valence-electron chi connectivity index (χ1n) is 12.4. The predicted molar refractivity (Wildman–Crippen MR) is 139 cm³/mol. The zero-order valence-electron chi connectivity index (χ0n) is 21.0. The Hall–Kier alpha value is -2.81. The molecule has 8 nitrogen and oxygen atoms in total. The van der Waals surface area contributed by atoms with Crippen LogP contribution < -0.4 is 15.5 Å². The second kappa shape index (κ2) is 12.8. The van der Waals surface area contributed by atoms with Crippen LogP contribution in [0.5, 0.6) is 0 Å². The summed E-state index contributed by atoms with van der Waals surface area (Å²) in [5.74, 6) is -2.06. The van der Waals surface area contributed by atoms with Gasteiger partial charge in [0.2, 0.25) is 5.91 Å². The Balaban J connectivity index is 1.57. The van der Waals surface area contributed by atoms with Crippen molar-refractivity contribution in [2.45, 2.75) is 31.5 Å². The highest BCUT2D eigenvalue weighted by atomic mass is 35.5. The largest absolute Gasteiger partial charge is 0.401 e. The number of carbonyl (C=O) groups is 3. The molecule has 40 heavy (non-hydrogen) atoms. The number of nitrogens with zero attached hydrogens (tertiary/aromatic N) is 2. The summed E-state index contributed by atoms with van der Waals surface area (Å²) in [7, 11) is 0. The van der Waals surface area contributed by atoms with Gasteiger partial charge >= 0.3 is 6.18 Å². The minimum absolute atomic E-state index is 0.0276. The molecule has 2 heterocycles. The normalized spacial score (nSPS) is 16.9. The van der Waals surface area contributed by atoms with E-state index >= 15 is 0 Å². The van der Waals surface area contributed by atoms with Crippen LogP contribution in [0.3, 0.4) is 0 Å². The summed E-state index contributed by atoms with van der Waals surface area (Å²) in [4.78, 5) is 40.4. The first kappa shape index (κ1) is 30.2. The molecule has 2 fully saturated rings. The molecule has 2 N–H and O–H groups in total. The van der Waals surface area contributed by atoms with Gasteiger partial charge in [0.25, 0.3) is 18.2 Å². The van der Waals surface area contributed by atoms with Gasteiger partial charge in [-0.1, -0.05) is 11.6 Å². The van der Waals surface area contributed by atoms with Crippen LogP contribution in [-0.2, 0) is 14.3 Å². The van der Waals surface area contributed by atoms with Crippen LogP contribution >= 0.6 is 22.9 Å². The number of anilines is 2. The Kier molecular flexibility index (Phi) is 9.64. The highest BCUT2D eigenvalue weighted by Gasteiger charge is 2.39. The van der Waals surface area contributed by atoms with E-state index in [1.54, 1.807) is 0 Å². The van der Waals surface area contributed by atoms with Crippen molar-refractivity contribution in [1.29, 1.82) is 0 Å². The molecule has 15 heteroatoms. The van der Waals surface area contributed by atoms with E-state index in [9.17, 15) is 36.3 Å². The average molecular weight is 609 g/mol. The van der Waals surface area contributed by atoms with Crippen LogP contribution in [0.1, 0.15) is 34.5 Å². The van der Waals surface area contributed by atoms with E-state index in [0.29, 0.717) is 17.2 Å². The van der Waals surface area contributed by atoms with E-state index in [1.807, 2.05) is 0 Å². The molecule has 1 saturated carbocycles. The lowest BCUT2D eigenvalue weighted by atomic mass is 10.1. The molecule has 1 aromatic heterocycles. The topological polar surface area (TPSA) is 91.0 Å². The van der Waals surface area contributed by atoms with Crippen LogP contribution in [0.4, 0.5) is 33.3 Å². The molecule has 1 aromatic carbocycles. The van der Waals surface area contributed by atoms with Crippen molar-refractivity contribution in [3.05, 3.63) is 45.1 Å². The van der Waals surface area contributed by atoms with E-state index < -0.39 is 55.0 Å². The maximum atomic E-state index is 14.0. The van der Waals surface area contributed by atoms with Crippen molar-refractivity contribution >= 4 is 52.0 Å². The van der Waals surface area contributed by atoms with Gasteiger partial charge in [0.15, 0.2) is 0 Å². The summed E-state index contributed by atoms with van der Waals surface area (Å²) in [5.41, 5.74) is -0.672. The number of morpholine rings is 1. The molecular weight excluding hydrogens is 583 g/mol. The maximum Gasteiger partial charge on any atom is 0.401 e. The zero-order valence-corrected chi connectivity index (χ0v) is 22.6. The van der Waals surface area contributed by atoms with E-state index in [4.69, 9.17) is 16.3 Å². The van der Waals surface area contributed by atoms with E-state index in [0.717, 1.165) is 27.2 Å². The van der Waals surface area contributed by atoms with Crippen LogP contribution in [0.15, 0.2) is 30.3 Å². The quantitative estimate of drug-likeness (QED) is 0.361. The third-order valence-electron chi connectivity index (χ3n) is 6.38. The average Bonchev–Trinajstić information content (AvgIpc) is 3.59. The van der Waals surface area contributed by atoms with Crippen LogP contribution in [0.25, 0.3) is 0 Å². The highest BCUT2D eigenvalue weighted by molar-refractivity contribution is 7.18. The minimum Gasteiger partial charge on any atom is -0.370 e. The lowest BCUT2D eigenvalue weighted by Gasteiger charge is -2.32. The van der Waals surface area contributed by atoms with Crippen molar-refractivity contribution in [2.24, 2.45) is 5.92 Å². The SMILES string of the molecule is O=C(NC[C@H](C(=O)Nc1ccc(N2CCOCC2=O)c(C(F)F)c1)N(CC1CC1)CC(F)(F)F)c1ccc(Cl)s1. The maximum absolute atomic E-state index is 14.0. The first-order chi connectivity index (χ1) is 18.9. The molecule has 1 aliphatic carbocycles. The molecule has 2 aliphatic rings. The fourth-order valence-corrected chi connectivity index (χ4v) is 5.28. The van der Waals surface area contributed by atoms with Gasteiger partial charge in [0, 0.05) is 30.9 Å². The Morgan fingerprint density at radius 1 is 1.20 bits per heavy atom. The van der Waals surface area contributed by atoms with Gasteiger partial charge in [-0.25, -0.2) is 8.78 Å². The number of thiophene rings is 1. The fraction of sp³-hybridized carbons (Fsp3) is 0.480. The third-order valence-corrected chi connectivity index (χ3v) is 7.61. The Morgan fingerprint density at radius 3 is 2.55 bits per heavy atom. The number of amides is 3. The van der Waals surface area contributed by atoms with Gasteiger partial charge in [-0.15, -0.1) is 11.3 Å². The van der Waals surface area contributed by atoms with Crippen LogP contribution in [0.2, 0.25) is 4.34 Å². The summed E-state index contributed by atoms with van der Waals surface area (Å²) in [6, 6.07) is 5.00. The lowest BCUT2D eigenvalue weighted by Crippen LogP contribution is -2.54. The number of alkyl halides is 5. The summed E-state index contributed by atoms with van der Waals surface area (Å²) >= 11 is 6.83. The van der Waals surface area contributed by atoms with Gasteiger partial charge in [0.1, 0.15) is 12.6 Å². The van der Waals surface area contributed by atoms with Gasteiger partial charge < -0.3 is 20.3 Å². The molecule has 1 atom stereocenters. The fourth-order valence-electron chi connectivity index (χ4n) is 4.32. The number of halogens is 6. The molecule has 1 aliphatic heterocycles. The summed E-state index contributed by atoms with van der Waals surface area (Å²) in [5, 5.41) is 4.92. The Morgan fingerprint density at radius 2 is 1.95 bits per heavy atom. The number of hydrogen-bond acceptors (Lipinski definition) is 6. The number of ether oxygens (including phenoxy) is 1. The van der Waals surface area contributed by atoms with Crippen molar-refractivity contribution in [3.63, 3.8) is 0 Å². The van der Waals surface area contributed by atoms with Crippen molar-refractivity contribution < 1.29 is 41.1 Å². The number of hydrogen-bond donors (Lipinski definition) is 2. The first-order valence-corrected chi connectivity index (χ1v) is 13.6. The summed E-state index contributed by atoms with van der Waals surface area (Å²) in [6.45, 7) is -1.93. The van der Waals surface area contributed by atoms with Gasteiger partial charge in [-0.2, -0.15) is 13.2 Å². The van der Waals surface area contributed by atoms with Crippen molar-refractivity contribution in [2.75, 3.05) is 49.6 Å². The van der Waals surface area contributed by atoms with Gasteiger partial charge in [-0.05, 0) is 49.1 Å². The Labute approximate surface area is 235 Å². The lowest BCUT2D eigenvalue weighted by molar-refractivity contribution is -0.154. The highest BCUT2D eigenvalue weighted by Crippen LogP contribution is 2.34.